The molecule has 0 N–H and O–H groups in total. The van der Waals surface area contributed by atoms with Crippen LogP contribution in [0.4, 0.5) is 0 Å². The molecule has 21 heavy (non-hydrogen) atoms. The van der Waals surface area contributed by atoms with Crippen molar-refractivity contribution in [3.05, 3.63) is 0 Å². The van der Waals surface area contributed by atoms with Gasteiger partial charge in [0, 0.05) is 20.1 Å². The predicted octanol–water partition coefficient (Wildman–Crippen LogP) is 2.42. The van der Waals surface area contributed by atoms with Crippen LogP contribution in [-0.4, -0.2) is 48.3 Å². The van der Waals surface area contributed by atoms with E-state index in [9.17, 15) is 14.9 Å². The zero-order valence-electron chi connectivity index (χ0n) is 14.1. The standard InChI is InChI=1S/C16H29N3O2/c1-6-10-16(13-17,11-7-2)15(21)18(5)12-14(20)19(8-3)9-4/h6-12H2,1-5H3. The summed E-state index contributed by atoms with van der Waals surface area (Å²) in [7, 11) is 1.61. The molecule has 0 radical (unpaired) electrons. The van der Waals surface area contributed by atoms with Crippen LogP contribution in [0.15, 0.2) is 0 Å². The lowest BCUT2D eigenvalue weighted by molar-refractivity contribution is -0.144. The van der Waals surface area contributed by atoms with Crippen molar-refractivity contribution in [3.63, 3.8) is 0 Å². The molecule has 0 aliphatic rings. The van der Waals surface area contributed by atoms with E-state index in [-0.39, 0.29) is 18.4 Å². The lowest BCUT2D eigenvalue weighted by Gasteiger charge is -2.31. The molecule has 0 aliphatic heterocycles. The normalized spacial score (nSPS) is 10.9. The fourth-order valence-electron chi connectivity index (χ4n) is 2.67. The third-order valence-corrected chi connectivity index (χ3v) is 3.81. The van der Waals surface area contributed by atoms with E-state index in [0.717, 1.165) is 12.8 Å². The van der Waals surface area contributed by atoms with Gasteiger partial charge in [0.2, 0.25) is 11.8 Å². The maximum Gasteiger partial charge on any atom is 0.243 e. The summed E-state index contributed by atoms with van der Waals surface area (Å²) < 4.78 is 0. The van der Waals surface area contributed by atoms with E-state index >= 15 is 0 Å². The number of carbonyl (C=O) groups excluding carboxylic acids is 2. The van der Waals surface area contributed by atoms with Crippen LogP contribution < -0.4 is 0 Å². The monoisotopic (exact) mass is 295 g/mol. The van der Waals surface area contributed by atoms with Crippen molar-refractivity contribution in [1.29, 1.82) is 5.26 Å². The van der Waals surface area contributed by atoms with Gasteiger partial charge in [-0.2, -0.15) is 5.26 Å². The van der Waals surface area contributed by atoms with Crippen molar-refractivity contribution >= 4 is 11.8 Å². The Morgan fingerprint density at radius 1 is 1.05 bits per heavy atom. The summed E-state index contributed by atoms with van der Waals surface area (Å²) in [6.07, 6.45) is 2.63. The second-order valence-electron chi connectivity index (χ2n) is 5.42. The molecule has 2 amide bonds. The second-order valence-corrected chi connectivity index (χ2v) is 5.42. The Morgan fingerprint density at radius 2 is 1.52 bits per heavy atom. The van der Waals surface area contributed by atoms with Gasteiger partial charge in [-0.1, -0.05) is 26.7 Å². The van der Waals surface area contributed by atoms with Gasteiger partial charge in [0.25, 0.3) is 0 Å². The first-order valence-corrected chi connectivity index (χ1v) is 7.86. The van der Waals surface area contributed by atoms with Crippen molar-refractivity contribution in [2.45, 2.75) is 53.4 Å². The molecule has 0 atom stereocenters. The van der Waals surface area contributed by atoms with Gasteiger partial charge in [0.15, 0.2) is 0 Å². The van der Waals surface area contributed by atoms with Crippen LogP contribution in [0.3, 0.4) is 0 Å². The molecular formula is C16H29N3O2. The Hall–Kier alpha value is -1.57. The van der Waals surface area contributed by atoms with Gasteiger partial charge in [-0.05, 0) is 26.7 Å². The van der Waals surface area contributed by atoms with Crippen molar-refractivity contribution in [3.8, 4) is 6.07 Å². The molecule has 120 valence electrons. The second kappa shape index (κ2) is 9.38. The average molecular weight is 295 g/mol. The quantitative estimate of drug-likeness (QED) is 0.656. The number of nitriles is 1. The number of hydrogen-bond acceptors (Lipinski definition) is 3. The van der Waals surface area contributed by atoms with Crippen LogP contribution in [0, 0.1) is 16.7 Å². The first-order chi connectivity index (χ1) is 9.92. The molecule has 5 heteroatoms. The Morgan fingerprint density at radius 3 is 1.86 bits per heavy atom. The Bertz CT molecular complexity index is 377. The fraction of sp³-hybridized carbons (Fsp3) is 0.812. The molecule has 0 aromatic heterocycles. The molecular weight excluding hydrogens is 266 g/mol. The highest BCUT2D eigenvalue weighted by Crippen LogP contribution is 2.31. The van der Waals surface area contributed by atoms with E-state index in [1.165, 1.54) is 4.90 Å². The highest BCUT2D eigenvalue weighted by atomic mass is 16.2. The molecule has 0 saturated carbocycles. The third-order valence-electron chi connectivity index (χ3n) is 3.81. The first-order valence-electron chi connectivity index (χ1n) is 7.86. The topological polar surface area (TPSA) is 64.4 Å². The van der Waals surface area contributed by atoms with E-state index in [4.69, 9.17) is 0 Å². The smallest absolute Gasteiger partial charge is 0.243 e. The minimum absolute atomic E-state index is 0.0391. The van der Waals surface area contributed by atoms with Gasteiger partial charge in [-0.15, -0.1) is 0 Å². The van der Waals surface area contributed by atoms with E-state index < -0.39 is 5.41 Å². The number of amides is 2. The Balaban J connectivity index is 5.02. The van der Waals surface area contributed by atoms with Crippen molar-refractivity contribution in [1.82, 2.24) is 9.80 Å². The predicted molar refractivity (Wildman–Crippen MR) is 83.4 cm³/mol. The van der Waals surface area contributed by atoms with Crippen LogP contribution >= 0.6 is 0 Å². The van der Waals surface area contributed by atoms with Crippen molar-refractivity contribution in [2.75, 3.05) is 26.7 Å². The summed E-state index contributed by atoms with van der Waals surface area (Å²) >= 11 is 0. The van der Waals surface area contributed by atoms with Crippen LogP contribution in [0.2, 0.25) is 0 Å². The molecule has 0 fully saturated rings. The van der Waals surface area contributed by atoms with E-state index in [2.05, 4.69) is 6.07 Å². The Labute approximate surface area is 128 Å². The van der Waals surface area contributed by atoms with Gasteiger partial charge < -0.3 is 9.80 Å². The van der Waals surface area contributed by atoms with Crippen molar-refractivity contribution in [2.24, 2.45) is 5.41 Å². The average Bonchev–Trinajstić information content (AvgIpc) is 2.47. The summed E-state index contributed by atoms with van der Waals surface area (Å²) in [5.74, 6) is -0.301. The van der Waals surface area contributed by atoms with Gasteiger partial charge in [0.1, 0.15) is 5.41 Å². The van der Waals surface area contributed by atoms with Gasteiger partial charge >= 0.3 is 0 Å². The SMILES string of the molecule is CCCC(C#N)(CCC)C(=O)N(C)CC(=O)N(CC)CC. The first kappa shape index (κ1) is 19.4. The summed E-state index contributed by atoms with van der Waals surface area (Å²) in [4.78, 5) is 27.8. The Kier molecular flexibility index (Phi) is 8.68. The fourth-order valence-corrected chi connectivity index (χ4v) is 2.67. The lowest BCUT2D eigenvalue weighted by Crippen LogP contribution is -2.46. The summed E-state index contributed by atoms with van der Waals surface area (Å²) in [5.41, 5.74) is -0.984. The molecule has 0 aromatic carbocycles. The minimum Gasteiger partial charge on any atom is -0.342 e. The summed E-state index contributed by atoms with van der Waals surface area (Å²) in [5, 5.41) is 9.50. The highest BCUT2D eigenvalue weighted by Gasteiger charge is 2.39. The third kappa shape index (κ3) is 5.04. The molecule has 0 aliphatic carbocycles. The van der Waals surface area contributed by atoms with E-state index in [1.54, 1.807) is 11.9 Å². The summed E-state index contributed by atoms with van der Waals surface area (Å²) in [6.45, 7) is 9.06. The molecule has 0 rings (SSSR count). The zero-order chi connectivity index (χ0) is 16.5. The number of hydrogen-bond donors (Lipinski definition) is 0. The number of carbonyl (C=O) groups is 2. The number of likely N-dealkylation sites (N-methyl/N-ethyl adjacent to an activating group) is 2. The van der Waals surface area contributed by atoms with Crippen LogP contribution in [0.25, 0.3) is 0 Å². The molecule has 0 heterocycles. The number of nitrogens with zero attached hydrogens (tertiary/aromatic N) is 3. The van der Waals surface area contributed by atoms with E-state index in [0.29, 0.717) is 25.9 Å². The largest absolute Gasteiger partial charge is 0.342 e. The van der Waals surface area contributed by atoms with Crippen LogP contribution in [0.1, 0.15) is 53.4 Å². The van der Waals surface area contributed by atoms with Crippen LogP contribution in [-0.2, 0) is 9.59 Å². The molecule has 0 spiro atoms. The zero-order valence-corrected chi connectivity index (χ0v) is 14.1. The lowest BCUT2D eigenvalue weighted by atomic mass is 9.79. The molecule has 0 saturated heterocycles. The minimum atomic E-state index is -0.984. The highest BCUT2D eigenvalue weighted by molar-refractivity contribution is 5.89. The van der Waals surface area contributed by atoms with Gasteiger partial charge in [0.05, 0.1) is 12.6 Å². The van der Waals surface area contributed by atoms with Crippen LogP contribution in [0.5, 0.6) is 0 Å². The molecule has 5 nitrogen and oxygen atoms in total. The molecule has 0 aromatic rings. The van der Waals surface area contributed by atoms with Crippen molar-refractivity contribution < 1.29 is 9.59 Å². The maximum atomic E-state index is 12.6. The molecule has 0 unspecified atom stereocenters. The van der Waals surface area contributed by atoms with E-state index in [1.807, 2.05) is 27.7 Å². The van der Waals surface area contributed by atoms with Gasteiger partial charge in [-0.3, -0.25) is 9.59 Å². The van der Waals surface area contributed by atoms with Gasteiger partial charge in [-0.25, -0.2) is 0 Å². The maximum absolute atomic E-state index is 12.6. The summed E-state index contributed by atoms with van der Waals surface area (Å²) in [6, 6.07) is 2.21. The number of rotatable bonds is 9. The molecule has 0 bridgehead atoms.